The molecule has 1 aliphatic heterocycles. The molecule has 0 radical (unpaired) electrons. The Morgan fingerprint density at radius 3 is 2.48 bits per heavy atom. The molecule has 0 bridgehead atoms. The van der Waals surface area contributed by atoms with Crippen LogP contribution in [0.4, 0.5) is 0 Å². The monoisotopic (exact) mass is 396 g/mol. The SMILES string of the molecule is CC(C)N1CCCC(CNC(=O)COc2ccccc2OCc2ccccc2)C1. The normalized spacial score (nSPS) is 17.1. The number of nitrogens with one attached hydrogen (secondary N) is 1. The molecule has 5 heteroatoms. The molecule has 5 nitrogen and oxygen atoms in total. The fourth-order valence-corrected chi connectivity index (χ4v) is 3.61. The second kappa shape index (κ2) is 10.9. The maximum Gasteiger partial charge on any atom is 0.257 e. The number of piperidine rings is 1. The van der Waals surface area contributed by atoms with E-state index in [1.54, 1.807) is 0 Å². The van der Waals surface area contributed by atoms with Crippen LogP contribution in [0.2, 0.25) is 0 Å². The molecular weight excluding hydrogens is 364 g/mol. The predicted octanol–water partition coefficient (Wildman–Crippen LogP) is 3.88. The summed E-state index contributed by atoms with van der Waals surface area (Å²) >= 11 is 0. The summed E-state index contributed by atoms with van der Waals surface area (Å²) in [7, 11) is 0. The average Bonchev–Trinajstić information content (AvgIpc) is 2.76. The van der Waals surface area contributed by atoms with Crippen molar-refractivity contribution in [1.82, 2.24) is 10.2 Å². The number of hydrogen-bond donors (Lipinski definition) is 1. The molecule has 0 saturated carbocycles. The van der Waals surface area contributed by atoms with Crippen LogP contribution in [0.25, 0.3) is 0 Å². The Morgan fingerprint density at radius 2 is 1.76 bits per heavy atom. The summed E-state index contributed by atoms with van der Waals surface area (Å²) in [6, 6.07) is 18.0. The molecule has 1 N–H and O–H groups in total. The second-order valence-electron chi connectivity index (χ2n) is 7.91. The van der Waals surface area contributed by atoms with Crippen LogP contribution in [0.5, 0.6) is 11.5 Å². The molecule has 1 saturated heterocycles. The van der Waals surface area contributed by atoms with Crippen LogP contribution < -0.4 is 14.8 Å². The maximum absolute atomic E-state index is 12.3. The van der Waals surface area contributed by atoms with E-state index in [0.29, 0.717) is 36.6 Å². The third kappa shape index (κ3) is 6.79. The van der Waals surface area contributed by atoms with Gasteiger partial charge in [0, 0.05) is 19.1 Å². The van der Waals surface area contributed by atoms with Gasteiger partial charge in [0.05, 0.1) is 0 Å². The lowest BCUT2D eigenvalue weighted by Gasteiger charge is -2.35. The van der Waals surface area contributed by atoms with Gasteiger partial charge in [0.1, 0.15) is 6.61 Å². The molecular formula is C24H32N2O3. The molecule has 0 aromatic heterocycles. The Labute approximate surface area is 174 Å². The average molecular weight is 397 g/mol. The van der Waals surface area contributed by atoms with Gasteiger partial charge in [-0.15, -0.1) is 0 Å². The quantitative estimate of drug-likeness (QED) is 0.699. The first-order chi connectivity index (χ1) is 14.1. The van der Waals surface area contributed by atoms with Crippen molar-refractivity contribution in [3.63, 3.8) is 0 Å². The molecule has 1 heterocycles. The summed E-state index contributed by atoms with van der Waals surface area (Å²) in [4.78, 5) is 14.8. The molecule has 0 spiro atoms. The Kier molecular flexibility index (Phi) is 7.94. The third-order valence-electron chi connectivity index (χ3n) is 5.31. The van der Waals surface area contributed by atoms with Gasteiger partial charge in [0.15, 0.2) is 18.1 Å². The number of carbonyl (C=O) groups is 1. The number of hydrogen-bond acceptors (Lipinski definition) is 4. The van der Waals surface area contributed by atoms with E-state index >= 15 is 0 Å². The fourth-order valence-electron chi connectivity index (χ4n) is 3.61. The van der Waals surface area contributed by atoms with E-state index in [1.165, 1.54) is 12.8 Å². The first-order valence-corrected chi connectivity index (χ1v) is 10.5. The summed E-state index contributed by atoms with van der Waals surface area (Å²) in [6.45, 7) is 7.82. The molecule has 1 unspecified atom stereocenters. The minimum Gasteiger partial charge on any atom is -0.485 e. The van der Waals surface area contributed by atoms with E-state index in [9.17, 15) is 4.79 Å². The van der Waals surface area contributed by atoms with E-state index in [2.05, 4.69) is 24.1 Å². The number of rotatable bonds is 9. The van der Waals surface area contributed by atoms with Crippen LogP contribution in [-0.4, -0.2) is 43.1 Å². The standard InChI is InChI=1S/C24H32N2O3/c1-19(2)26-14-8-11-21(16-26)15-25-24(27)18-29-23-13-7-6-12-22(23)28-17-20-9-4-3-5-10-20/h3-7,9-10,12-13,19,21H,8,11,14-18H2,1-2H3,(H,25,27). The van der Waals surface area contributed by atoms with Gasteiger partial charge in [-0.05, 0) is 56.8 Å². The van der Waals surface area contributed by atoms with E-state index in [-0.39, 0.29) is 12.5 Å². The minimum absolute atomic E-state index is 0.00761. The van der Waals surface area contributed by atoms with Crippen LogP contribution in [0, 0.1) is 5.92 Å². The highest BCUT2D eigenvalue weighted by atomic mass is 16.5. The summed E-state index contributed by atoms with van der Waals surface area (Å²) in [5.41, 5.74) is 1.09. The van der Waals surface area contributed by atoms with Crippen LogP contribution in [0.15, 0.2) is 54.6 Å². The molecule has 1 amide bonds. The van der Waals surface area contributed by atoms with Crippen molar-refractivity contribution < 1.29 is 14.3 Å². The van der Waals surface area contributed by atoms with Crippen molar-refractivity contribution in [3.8, 4) is 11.5 Å². The van der Waals surface area contributed by atoms with Crippen molar-refractivity contribution >= 4 is 5.91 Å². The number of benzene rings is 2. The van der Waals surface area contributed by atoms with Crippen LogP contribution >= 0.6 is 0 Å². The van der Waals surface area contributed by atoms with Crippen LogP contribution in [0.3, 0.4) is 0 Å². The smallest absolute Gasteiger partial charge is 0.257 e. The van der Waals surface area contributed by atoms with Gasteiger partial charge >= 0.3 is 0 Å². The van der Waals surface area contributed by atoms with Gasteiger partial charge in [-0.1, -0.05) is 42.5 Å². The van der Waals surface area contributed by atoms with Gasteiger partial charge in [-0.2, -0.15) is 0 Å². The minimum atomic E-state index is -0.0930. The zero-order valence-electron chi connectivity index (χ0n) is 17.5. The van der Waals surface area contributed by atoms with Gasteiger partial charge in [0.25, 0.3) is 5.91 Å². The second-order valence-corrected chi connectivity index (χ2v) is 7.91. The number of ether oxygens (including phenoxy) is 2. The predicted molar refractivity (Wildman–Crippen MR) is 115 cm³/mol. The lowest BCUT2D eigenvalue weighted by molar-refractivity contribution is -0.123. The number of carbonyl (C=O) groups excluding carboxylic acids is 1. The number of likely N-dealkylation sites (tertiary alicyclic amines) is 1. The zero-order valence-corrected chi connectivity index (χ0v) is 17.5. The molecule has 0 aliphatic carbocycles. The zero-order chi connectivity index (χ0) is 20.5. The van der Waals surface area contributed by atoms with E-state index < -0.39 is 0 Å². The van der Waals surface area contributed by atoms with Gasteiger partial charge < -0.3 is 19.7 Å². The third-order valence-corrected chi connectivity index (χ3v) is 5.31. The first kappa shape index (κ1) is 21.2. The van der Waals surface area contributed by atoms with E-state index in [4.69, 9.17) is 9.47 Å². The Bertz CT molecular complexity index is 764. The molecule has 1 atom stereocenters. The van der Waals surface area contributed by atoms with Crippen LogP contribution in [0.1, 0.15) is 32.3 Å². The first-order valence-electron chi connectivity index (χ1n) is 10.5. The maximum atomic E-state index is 12.3. The summed E-state index contributed by atoms with van der Waals surface area (Å²) in [5.74, 6) is 1.65. The van der Waals surface area contributed by atoms with E-state index in [0.717, 1.165) is 18.7 Å². The number of nitrogens with zero attached hydrogens (tertiary/aromatic N) is 1. The van der Waals surface area contributed by atoms with E-state index in [1.807, 2.05) is 54.6 Å². The molecule has 156 valence electrons. The van der Waals surface area contributed by atoms with Gasteiger partial charge in [-0.3, -0.25) is 4.79 Å². The fraction of sp³-hybridized carbons (Fsp3) is 0.458. The van der Waals surface area contributed by atoms with Crippen molar-refractivity contribution in [1.29, 1.82) is 0 Å². The van der Waals surface area contributed by atoms with Crippen molar-refractivity contribution in [3.05, 3.63) is 60.2 Å². The molecule has 1 aliphatic rings. The molecule has 2 aromatic carbocycles. The lowest BCUT2D eigenvalue weighted by atomic mass is 9.97. The van der Waals surface area contributed by atoms with Crippen LogP contribution in [-0.2, 0) is 11.4 Å². The van der Waals surface area contributed by atoms with Crippen molar-refractivity contribution in [2.24, 2.45) is 5.92 Å². The molecule has 2 aromatic rings. The summed E-state index contributed by atoms with van der Waals surface area (Å²) in [5, 5.41) is 3.03. The molecule has 3 rings (SSSR count). The summed E-state index contributed by atoms with van der Waals surface area (Å²) < 4.78 is 11.6. The highest BCUT2D eigenvalue weighted by Gasteiger charge is 2.22. The van der Waals surface area contributed by atoms with Gasteiger partial charge in [-0.25, -0.2) is 0 Å². The van der Waals surface area contributed by atoms with Crippen molar-refractivity contribution in [2.75, 3.05) is 26.2 Å². The Balaban J connectivity index is 1.44. The van der Waals surface area contributed by atoms with Crippen molar-refractivity contribution in [2.45, 2.75) is 39.3 Å². The highest BCUT2D eigenvalue weighted by Crippen LogP contribution is 2.27. The topological polar surface area (TPSA) is 50.8 Å². The number of para-hydroxylation sites is 2. The largest absolute Gasteiger partial charge is 0.485 e. The van der Waals surface area contributed by atoms with Gasteiger partial charge in [0.2, 0.25) is 0 Å². The summed E-state index contributed by atoms with van der Waals surface area (Å²) in [6.07, 6.45) is 2.36. The Morgan fingerprint density at radius 1 is 1.07 bits per heavy atom. The highest BCUT2D eigenvalue weighted by molar-refractivity contribution is 5.77. The molecule has 29 heavy (non-hydrogen) atoms. The molecule has 1 fully saturated rings. The lowest BCUT2D eigenvalue weighted by Crippen LogP contribution is -2.44. The number of amides is 1. The Hall–Kier alpha value is -2.53.